The molecule has 0 amide bonds. The van der Waals surface area contributed by atoms with Crippen LogP contribution < -0.4 is 5.32 Å². The average Bonchev–Trinajstić information content (AvgIpc) is 2.67. The van der Waals surface area contributed by atoms with E-state index in [9.17, 15) is 0 Å². The van der Waals surface area contributed by atoms with Crippen LogP contribution in [0.4, 0.5) is 5.69 Å². The summed E-state index contributed by atoms with van der Waals surface area (Å²) in [6, 6.07) is 5.88. The number of guanidine groups is 1. The molecule has 1 aromatic carbocycles. The van der Waals surface area contributed by atoms with Gasteiger partial charge in [-0.25, -0.2) is 0 Å². The number of nitrogens with one attached hydrogen (secondary N) is 2. The summed E-state index contributed by atoms with van der Waals surface area (Å²) in [6.07, 6.45) is 1.66. The summed E-state index contributed by atoms with van der Waals surface area (Å²) in [5.74, 6) is 0.766. The van der Waals surface area contributed by atoms with Crippen molar-refractivity contribution in [3.8, 4) is 0 Å². The molecule has 2 aliphatic rings. The van der Waals surface area contributed by atoms with Crippen LogP contribution in [0.25, 0.3) is 0 Å². The van der Waals surface area contributed by atoms with Crippen LogP contribution in [0.15, 0.2) is 44.4 Å². The number of hydrogen-bond acceptors (Lipinski definition) is 7. The number of nitrogens with zero attached hydrogens (tertiary/aromatic N) is 3. The zero-order valence-corrected chi connectivity index (χ0v) is 16.6. The van der Waals surface area contributed by atoms with E-state index >= 15 is 0 Å². The Hall–Kier alpha value is -2.23. The Morgan fingerprint density at radius 1 is 1.37 bits per heavy atom. The van der Waals surface area contributed by atoms with Gasteiger partial charge in [-0.2, -0.15) is 9.98 Å². The highest BCUT2D eigenvalue weighted by molar-refractivity contribution is 9.10. The summed E-state index contributed by atoms with van der Waals surface area (Å²) in [5, 5.41) is 20.6. The molecule has 2 heterocycles. The Kier molecular flexibility index (Phi) is 6.59. The van der Waals surface area contributed by atoms with Crippen molar-refractivity contribution in [3.63, 3.8) is 0 Å². The molecule has 9 heteroatoms. The molecule has 144 valence electrons. The summed E-state index contributed by atoms with van der Waals surface area (Å²) >= 11 is 3.44. The second kappa shape index (κ2) is 9.12. The molecule has 0 spiro atoms. The maximum Gasteiger partial charge on any atom is 0.230 e. The zero-order valence-electron chi connectivity index (χ0n) is 15.0. The second-order valence-corrected chi connectivity index (χ2v) is 6.93. The van der Waals surface area contributed by atoms with Crippen molar-refractivity contribution >= 4 is 39.3 Å². The number of amidine groups is 1. The van der Waals surface area contributed by atoms with Crippen molar-refractivity contribution < 1.29 is 14.6 Å². The van der Waals surface area contributed by atoms with Crippen LogP contribution >= 0.6 is 15.9 Å². The van der Waals surface area contributed by atoms with Gasteiger partial charge < -0.3 is 24.8 Å². The lowest BCUT2D eigenvalue weighted by Gasteiger charge is -2.29. The van der Waals surface area contributed by atoms with Crippen LogP contribution in [0, 0.1) is 12.3 Å². The minimum atomic E-state index is -0.136. The van der Waals surface area contributed by atoms with Crippen LogP contribution in [0.5, 0.6) is 0 Å². The van der Waals surface area contributed by atoms with Gasteiger partial charge in [0.25, 0.3) is 0 Å². The van der Waals surface area contributed by atoms with Crippen LogP contribution in [0.2, 0.25) is 0 Å². The van der Waals surface area contributed by atoms with Gasteiger partial charge in [0.15, 0.2) is 5.84 Å². The fourth-order valence-electron chi connectivity index (χ4n) is 2.66. The molecule has 0 aliphatic carbocycles. The Morgan fingerprint density at radius 2 is 2.15 bits per heavy atom. The maximum absolute atomic E-state index is 9.10. The molecule has 1 fully saturated rings. The molecule has 1 aromatic rings. The Balaban J connectivity index is 1.83. The third kappa shape index (κ3) is 4.94. The first-order valence-corrected chi connectivity index (χ1v) is 9.43. The number of rotatable bonds is 4. The van der Waals surface area contributed by atoms with E-state index in [0.717, 1.165) is 15.7 Å². The quantitative estimate of drug-likeness (QED) is 0.672. The summed E-state index contributed by atoms with van der Waals surface area (Å²) in [5.41, 5.74) is 2.39. The van der Waals surface area contributed by atoms with Gasteiger partial charge in [-0.15, -0.1) is 0 Å². The lowest BCUT2D eigenvalue weighted by atomic mass is 10.2. The molecule has 0 saturated carbocycles. The molecule has 2 aliphatic heterocycles. The van der Waals surface area contributed by atoms with Crippen molar-refractivity contribution in [2.45, 2.75) is 6.92 Å². The van der Waals surface area contributed by atoms with Gasteiger partial charge in [-0.3, -0.25) is 5.41 Å². The number of aliphatic hydroxyl groups excluding tert-OH is 1. The molecule has 1 saturated heterocycles. The first-order chi connectivity index (χ1) is 13.1. The number of aryl methyl sites for hydroxylation is 1. The van der Waals surface area contributed by atoms with E-state index in [4.69, 9.17) is 20.0 Å². The summed E-state index contributed by atoms with van der Waals surface area (Å²) in [7, 11) is 0. The van der Waals surface area contributed by atoms with E-state index in [2.05, 4.69) is 31.2 Å². The molecule has 0 bridgehead atoms. The van der Waals surface area contributed by atoms with Crippen LogP contribution in [0.3, 0.4) is 0 Å². The topological polar surface area (TPSA) is 103 Å². The first kappa shape index (κ1) is 19.5. The van der Waals surface area contributed by atoms with E-state index in [1.54, 1.807) is 6.20 Å². The highest BCUT2D eigenvalue weighted by Crippen LogP contribution is 2.21. The highest BCUT2D eigenvalue weighted by Gasteiger charge is 2.25. The van der Waals surface area contributed by atoms with Crippen molar-refractivity contribution in [1.82, 2.24) is 4.90 Å². The van der Waals surface area contributed by atoms with Gasteiger partial charge in [0, 0.05) is 29.4 Å². The monoisotopic (exact) mass is 435 g/mol. The van der Waals surface area contributed by atoms with Crippen LogP contribution in [-0.4, -0.2) is 67.2 Å². The number of aliphatic imine (C=N–C) groups is 2. The fourth-order valence-corrected chi connectivity index (χ4v) is 3.14. The smallest absolute Gasteiger partial charge is 0.230 e. The minimum Gasteiger partial charge on any atom is -0.475 e. The number of morpholine rings is 1. The first-order valence-electron chi connectivity index (χ1n) is 8.64. The van der Waals surface area contributed by atoms with E-state index in [-0.39, 0.29) is 24.9 Å². The second-order valence-electron chi connectivity index (χ2n) is 6.01. The Bertz CT molecular complexity index is 800. The number of aliphatic hydroxyl groups is 1. The molecule has 0 atom stereocenters. The van der Waals surface area contributed by atoms with E-state index < -0.39 is 0 Å². The number of hydrogen-bond donors (Lipinski definition) is 3. The molecule has 3 N–H and O–H groups in total. The summed E-state index contributed by atoms with van der Waals surface area (Å²) in [4.78, 5) is 10.8. The third-order valence-electron chi connectivity index (χ3n) is 4.08. The normalized spacial score (nSPS) is 19.0. The number of halogens is 1. The minimum absolute atomic E-state index is 0.0571. The van der Waals surface area contributed by atoms with Gasteiger partial charge in [0.2, 0.25) is 11.9 Å². The van der Waals surface area contributed by atoms with E-state index in [0.29, 0.717) is 37.8 Å². The van der Waals surface area contributed by atoms with Crippen LogP contribution in [-0.2, 0) is 9.47 Å². The van der Waals surface area contributed by atoms with Crippen molar-refractivity contribution in [3.05, 3.63) is 40.0 Å². The third-order valence-corrected chi connectivity index (χ3v) is 4.58. The fraction of sp³-hybridized carbons (Fsp3) is 0.389. The lowest BCUT2D eigenvalue weighted by molar-refractivity contribution is 0.0675. The average molecular weight is 436 g/mol. The summed E-state index contributed by atoms with van der Waals surface area (Å²) < 4.78 is 11.9. The molecule has 0 radical (unpaired) electrons. The molecule has 8 nitrogen and oxygen atoms in total. The number of benzene rings is 1. The lowest BCUT2D eigenvalue weighted by Crippen LogP contribution is -2.42. The molecule has 3 rings (SSSR count). The number of ether oxygens (including phenoxy) is 2. The van der Waals surface area contributed by atoms with Crippen molar-refractivity contribution in [1.29, 1.82) is 5.41 Å². The van der Waals surface area contributed by atoms with Gasteiger partial charge in [0.1, 0.15) is 6.61 Å². The van der Waals surface area contributed by atoms with Crippen molar-refractivity contribution in [2.75, 3.05) is 44.8 Å². The Morgan fingerprint density at radius 3 is 2.85 bits per heavy atom. The molecular formula is C18H22BrN5O3. The SMILES string of the molecule is Cc1cc(Br)ccc1N/C=C1\C(=N)N=C(N2CCOCC2)N=C1OCCO. The predicted molar refractivity (Wildman–Crippen MR) is 109 cm³/mol. The van der Waals surface area contributed by atoms with Gasteiger partial charge >= 0.3 is 0 Å². The molecule has 0 unspecified atom stereocenters. The van der Waals surface area contributed by atoms with E-state index in [1.807, 2.05) is 30.0 Å². The van der Waals surface area contributed by atoms with E-state index in [1.165, 1.54) is 0 Å². The highest BCUT2D eigenvalue weighted by atomic mass is 79.9. The standard InChI is InChI=1S/C18H22BrN5O3/c1-12-10-13(19)2-3-15(12)21-11-14-16(20)22-18(23-17(14)27-9-6-25)24-4-7-26-8-5-24/h2-3,10-11,20-21,25H,4-9H2,1H3/b14-11+,20-16?. The maximum atomic E-state index is 9.10. The molecule has 0 aromatic heterocycles. The molecule has 27 heavy (non-hydrogen) atoms. The molecular weight excluding hydrogens is 414 g/mol. The largest absolute Gasteiger partial charge is 0.475 e. The predicted octanol–water partition coefficient (Wildman–Crippen LogP) is 2.14. The van der Waals surface area contributed by atoms with Gasteiger partial charge in [-0.05, 0) is 30.7 Å². The van der Waals surface area contributed by atoms with Gasteiger partial charge in [-0.1, -0.05) is 15.9 Å². The van der Waals surface area contributed by atoms with Crippen LogP contribution in [0.1, 0.15) is 5.56 Å². The zero-order chi connectivity index (χ0) is 19.2. The Labute approximate surface area is 166 Å². The number of anilines is 1. The van der Waals surface area contributed by atoms with Crippen molar-refractivity contribution in [2.24, 2.45) is 9.98 Å². The summed E-state index contributed by atoms with van der Waals surface area (Å²) in [6.45, 7) is 4.48. The van der Waals surface area contributed by atoms with Gasteiger partial charge in [0.05, 0.1) is 25.4 Å².